The fraction of sp³-hybridized carbons (Fsp3) is 0.600. The molecule has 1 aromatic carbocycles. The van der Waals surface area contributed by atoms with Crippen LogP contribution in [-0.2, 0) is 0 Å². The molecule has 0 aliphatic carbocycles. The minimum Gasteiger partial charge on any atom is -0.368 e. The Morgan fingerprint density at radius 1 is 1.17 bits per heavy atom. The molecule has 2 unspecified atom stereocenters. The number of hydrogen-bond acceptors (Lipinski definition) is 3. The van der Waals surface area contributed by atoms with Gasteiger partial charge in [0.05, 0.1) is 0 Å². The van der Waals surface area contributed by atoms with Crippen LogP contribution < -0.4 is 10.6 Å². The molecule has 0 bridgehead atoms. The summed E-state index contributed by atoms with van der Waals surface area (Å²) in [6.07, 6.45) is 0. The number of benzene rings is 1. The summed E-state index contributed by atoms with van der Waals surface area (Å²) in [5.74, 6) is 0. The topological polar surface area (TPSA) is 32.5 Å². The lowest BCUT2D eigenvalue weighted by Crippen LogP contribution is -2.55. The highest BCUT2D eigenvalue weighted by Gasteiger charge is 2.27. The van der Waals surface area contributed by atoms with Gasteiger partial charge in [-0.25, -0.2) is 0 Å². The van der Waals surface area contributed by atoms with E-state index in [2.05, 4.69) is 61.9 Å². The molecule has 0 amide bonds. The molecule has 0 aromatic heterocycles. The fourth-order valence-electron chi connectivity index (χ4n) is 2.76. The van der Waals surface area contributed by atoms with E-state index in [1.165, 1.54) is 11.3 Å². The molecule has 0 radical (unpaired) electrons. The highest BCUT2D eigenvalue weighted by Crippen LogP contribution is 2.28. The van der Waals surface area contributed by atoms with Gasteiger partial charge in [-0.2, -0.15) is 0 Å². The first-order chi connectivity index (χ1) is 8.50. The highest BCUT2D eigenvalue weighted by molar-refractivity contribution is 5.55. The van der Waals surface area contributed by atoms with E-state index < -0.39 is 0 Å². The van der Waals surface area contributed by atoms with Crippen LogP contribution in [0.2, 0.25) is 0 Å². The highest BCUT2D eigenvalue weighted by atomic mass is 15.3. The first-order valence-electron chi connectivity index (χ1n) is 6.82. The Morgan fingerprint density at radius 2 is 1.72 bits per heavy atom. The molecule has 3 nitrogen and oxygen atoms in total. The quantitative estimate of drug-likeness (QED) is 0.870. The summed E-state index contributed by atoms with van der Waals surface area (Å²) in [6.45, 7) is 8.78. The van der Waals surface area contributed by atoms with Gasteiger partial charge in [0, 0.05) is 36.9 Å². The molecule has 1 aliphatic heterocycles. The van der Waals surface area contributed by atoms with Crippen LogP contribution in [-0.4, -0.2) is 37.1 Å². The second kappa shape index (κ2) is 5.29. The van der Waals surface area contributed by atoms with Crippen molar-refractivity contribution in [2.45, 2.75) is 38.9 Å². The Bertz CT molecular complexity index is 390. The lowest BCUT2D eigenvalue weighted by atomic mass is 10.0. The maximum atomic E-state index is 6.08. The van der Waals surface area contributed by atoms with Crippen molar-refractivity contribution in [3.63, 3.8) is 0 Å². The number of hydrogen-bond donors (Lipinski definition) is 1. The third kappa shape index (κ3) is 2.52. The third-order valence-corrected chi connectivity index (χ3v) is 4.13. The molecule has 3 atom stereocenters. The van der Waals surface area contributed by atoms with Gasteiger partial charge in [-0.3, -0.25) is 4.90 Å². The first-order valence-corrected chi connectivity index (χ1v) is 6.82. The summed E-state index contributed by atoms with van der Waals surface area (Å²) >= 11 is 0. The molecule has 18 heavy (non-hydrogen) atoms. The zero-order valence-electron chi connectivity index (χ0n) is 11.9. The van der Waals surface area contributed by atoms with Crippen molar-refractivity contribution in [2.75, 3.05) is 25.0 Å². The second-order valence-electron chi connectivity index (χ2n) is 5.62. The van der Waals surface area contributed by atoms with Crippen molar-refractivity contribution in [2.24, 2.45) is 5.73 Å². The van der Waals surface area contributed by atoms with Gasteiger partial charge in [0.2, 0.25) is 0 Å². The van der Waals surface area contributed by atoms with Crippen LogP contribution in [0, 0.1) is 0 Å². The zero-order chi connectivity index (χ0) is 13.3. The lowest BCUT2D eigenvalue weighted by molar-refractivity contribution is 0.170. The number of nitrogens with zero attached hydrogens (tertiary/aromatic N) is 2. The van der Waals surface area contributed by atoms with Gasteiger partial charge in [-0.1, -0.05) is 18.2 Å². The van der Waals surface area contributed by atoms with Crippen molar-refractivity contribution in [1.29, 1.82) is 0 Å². The summed E-state index contributed by atoms with van der Waals surface area (Å²) in [6, 6.07) is 9.77. The average molecular weight is 247 g/mol. The van der Waals surface area contributed by atoms with Gasteiger partial charge in [0.1, 0.15) is 0 Å². The van der Waals surface area contributed by atoms with Crippen LogP contribution in [0.3, 0.4) is 0 Å². The number of rotatable bonds is 2. The first kappa shape index (κ1) is 13.4. The summed E-state index contributed by atoms with van der Waals surface area (Å²) in [5, 5.41) is 0. The van der Waals surface area contributed by atoms with Gasteiger partial charge >= 0.3 is 0 Å². The minimum absolute atomic E-state index is 0.0893. The van der Waals surface area contributed by atoms with Crippen molar-refractivity contribution in [1.82, 2.24) is 4.90 Å². The maximum absolute atomic E-state index is 6.08. The third-order valence-electron chi connectivity index (χ3n) is 4.13. The smallest absolute Gasteiger partial charge is 0.0415 e. The van der Waals surface area contributed by atoms with Gasteiger partial charge < -0.3 is 10.6 Å². The number of piperazine rings is 1. The Hall–Kier alpha value is -1.06. The molecule has 1 aliphatic rings. The molecular weight excluding hydrogens is 222 g/mol. The van der Waals surface area contributed by atoms with E-state index in [4.69, 9.17) is 5.73 Å². The van der Waals surface area contributed by atoms with E-state index in [1.54, 1.807) is 0 Å². The van der Waals surface area contributed by atoms with Gasteiger partial charge in [-0.15, -0.1) is 0 Å². The van der Waals surface area contributed by atoms with E-state index in [9.17, 15) is 0 Å². The van der Waals surface area contributed by atoms with E-state index in [0.29, 0.717) is 12.1 Å². The van der Waals surface area contributed by atoms with Crippen molar-refractivity contribution in [3.8, 4) is 0 Å². The molecule has 1 aromatic rings. The van der Waals surface area contributed by atoms with Crippen LogP contribution >= 0.6 is 0 Å². The molecule has 0 saturated carbocycles. The van der Waals surface area contributed by atoms with Crippen molar-refractivity contribution >= 4 is 5.69 Å². The Balaban J connectivity index is 2.27. The fourth-order valence-corrected chi connectivity index (χ4v) is 2.76. The molecule has 3 heteroatoms. The SMILES string of the molecule is CC1CN(c2ccccc2[C@H](C)N)CC(C)N1C. The number of nitrogens with two attached hydrogens (primary N) is 1. The van der Waals surface area contributed by atoms with Crippen molar-refractivity contribution in [3.05, 3.63) is 29.8 Å². The molecule has 1 saturated heterocycles. The summed E-state index contributed by atoms with van der Waals surface area (Å²) in [4.78, 5) is 4.93. The van der Waals surface area contributed by atoms with Crippen LogP contribution in [0.5, 0.6) is 0 Å². The predicted octanol–water partition coefficient (Wildman–Crippen LogP) is 2.24. The van der Waals surface area contributed by atoms with Crippen LogP contribution in [0.15, 0.2) is 24.3 Å². The predicted molar refractivity (Wildman–Crippen MR) is 77.9 cm³/mol. The van der Waals surface area contributed by atoms with E-state index in [1.807, 2.05) is 0 Å². The normalized spacial score (nSPS) is 27.3. The maximum Gasteiger partial charge on any atom is 0.0415 e. The summed E-state index contributed by atoms with van der Waals surface area (Å²) in [7, 11) is 2.21. The van der Waals surface area contributed by atoms with E-state index in [0.717, 1.165) is 13.1 Å². The zero-order valence-corrected chi connectivity index (χ0v) is 11.9. The molecule has 2 rings (SSSR count). The standard InChI is InChI=1S/C15H25N3/c1-11-9-18(10-12(2)17(11)4)15-8-6-5-7-14(15)13(3)16/h5-8,11-13H,9-10,16H2,1-4H3/t11?,12?,13-/m0/s1. The van der Waals surface area contributed by atoms with Crippen molar-refractivity contribution < 1.29 is 0 Å². The molecule has 1 fully saturated rings. The van der Waals surface area contributed by atoms with Gasteiger partial charge in [0.25, 0.3) is 0 Å². The molecular formula is C15H25N3. The van der Waals surface area contributed by atoms with E-state index in [-0.39, 0.29) is 6.04 Å². The monoisotopic (exact) mass is 247 g/mol. The molecule has 2 N–H and O–H groups in total. The van der Waals surface area contributed by atoms with Gasteiger partial charge in [0.15, 0.2) is 0 Å². The average Bonchev–Trinajstić information content (AvgIpc) is 2.35. The van der Waals surface area contributed by atoms with Crippen LogP contribution in [0.1, 0.15) is 32.4 Å². The minimum atomic E-state index is 0.0893. The lowest BCUT2D eigenvalue weighted by Gasteiger charge is -2.44. The van der Waals surface area contributed by atoms with Crippen LogP contribution in [0.25, 0.3) is 0 Å². The largest absolute Gasteiger partial charge is 0.368 e. The Labute approximate surface area is 111 Å². The second-order valence-corrected chi connectivity index (χ2v) is 5.62. The van der Waals surface area contributed by atoms with Gasteiger partial charge in [-0.05, 0) is 39.4 Å². The summed E-state index contributed by atoms with van der Waals surface area (Å²) < 4.78 is 0. The van der Waals surface area contributed by atoms with E-state index >= 15 is 0 Å². The Morgan fingerprint density at radius 3 is 2.28 bits per heavy atom. The molecule has 100 valence electrons. The van der Waals surface area contributed by atoms with Crippen LogP contribution in [0.4, 0.5) is 5.69 Å². The number of para-hydroxylation sites is 1. The molecule has 0 spiro atoms. The number of anilines is 1. The molecule has 1 heterocycles. The number of likely N-dealkylation sites (N-methyl/N-ethyl adjacent to an activating group) is 1. The Kier molecular flexibility index (Phi) is 3.93. The summed E-state index contributed by atoms with van der Waals surface area (Å²) in [5.41, 5.74) is 8.64.